The molecule has 0 N–H and O–H groups in total. The molecule has 1 aliphatic rings. The maximum atomic E-state index is 12.8. The molecule has 0 fully saturated rings. The van der Waals surface area contributed by atoms with Gasteiger partial charge in [-0.05, 0) is 44.7 Å². The summed E-state index contributed by atoms with van der Waals surface area (Å²) in [6, 6.07) is 6.90. The Labute approximate surface area is 127 Å². The summed E-state index contributed by atoms with van der Waals surface area (Å²) in [7, 11) is -3.57. The van der Waals surface area contributed by atoms with Crippen molar-refractivity contribution in [2.45, 2.75) is 43.9 Å². The third-order valence-electron chi connectivity index (χ3n) is 3.68. The first-order valence-electron chi connectivity index (χ1n) is 7.27. The van der Waals surface area contributed by atoms with Crippen LogP contribution in [0.3, 0.4) is 0 Å². The summed E-state index contributed by atoms with van der Waals surface area (Å²) in [5.41, 5.74) is 1.87. The first-order valence-corrected chi connectivity index (χ1v) is 8.71. The Morgan fingerprint density at radius 1 is 1.19 bits per heavy atom. The molecule has 0 saturated heterocycles. The quantitative estimate of drug-likeness (QED) is 0.799. The van der Waals surface area contributed by atoms with Crippen molar-refractivity contribution >= 4 is 10.0 Å². The number of allylic oxidation sites excluding steroid dienone is 2. The van der Waals surface area contributed by atoms with Crippen molar-refractivity contribution in [3.8, 4) is 12.3 Å². The SMILES string of the molecule is C#CCN(C1=CCCCCC1)S(=O)(=O)c1ccc(C)cc1. The molecule has 3 nitrogen and oxygen atoms in total. The lowest BCUT2D eigenvalue weighted by molar-refractivity contribution is 0.491. The van der Waals surface area contributed by atoms with Crippen LogP contribution in [0.2, 0.25) is 0 Å². The van der Waals surface area contributed by atoms with Crippen molar-refractivity contribution in [3.63, 3.8) is 0 Å². The van der Waals surface area contributed by atoms with Crippen molar-refractivity contribution < 1.29 is 8.42 Å². The summed E-state index contributed by atoms with van der Waals surface area (Å²) < 4.78 is 27.1. The number of terminal acetylenes is 1. The van der Waals surface area contributed by atoms with E-state index in [2.05, 4.69) is 5.92 Å². The van der Waals surface area contributed by atoms with E-state index in [-0.39, 0.29) is 6.54 Å². The Kier molecular flexibility index (Phi) is 5.08. The number of hydrogen-bond acceptors (Lipinski definition) is 2. The molecule has 0 aromatic heterocycles. The highest BCUT2D eigenvalue weighted by Crippen LogP contribution is 2.26. The van der Waals surface area contributed by atoms with Gasteiger partial charge in [0.1, 0.15) is 0 Å². The van der Waals surface area contributed by atoms with E-state index in [0.717, 1.165) is 43.4 Å². The fourth-order valence-electron chi connectivity index (χ4n) is 2.49. The van der Waals surface area contributed by atoms with E-state index in [1.807, 2.05) is 25.1 Å². The zero-order chi connectivity index (χ0) is 15.3. The molecule has 0 heterocycles. The number of nitrogens with zero attached hydrogens (tertiary/aromatic N) is 1. The molecule has 0 atom stereocenters. The third kappa shape index (κ3) is 3.68. The molecular formula is C17H21NO2S. The van der Waals surface area contributed by atoms with Gasteiger partial charge in [-0.1, -0.05) is 36.1 Å². The Morgan fingerprint density at radius 3 is 2.57 bits per heavy atom. The molecule has 1 aliphatic carbocycles. The van der Waals surface area contributed by atoms with Crippen LogP contribution < -0.4 is 0 Å². The van der Waals surface area contributed by atoms with E-state index >= 15 is 0 Å². The van der Waals surface area contributed by atoms with Gasteiger partial charge in [-0.15, -0.1) is 6.42 Å². The second-order valence-electron chi connectivity index (χ2n) is 5.32. The molecule has 0 amide bonds. The van der Waals surface area contributed by atoms with Gasteiger partial charge in [0.05, 0.1) is 11.4 Å². The summed E-state index contributed by atoms with van der Waals surface area (Å²) in [4.78, 5) is 0.300. The number of rotatable bonds is 4. The van der Waals surface area contributed by atoms with Crippen LogP contribution in [0.25, 0.3) is 0 Å². The summed E-state index contributed by atoms with van der Waals surface area (Å²) in [6.07, 6.45) is 12.4. The minimum absolute atomic E-state index is 0.0854. The van der Waals surface area contributed by atoms with Gasteiger partial charge in [-0.2, -0.15) is 0 Å². The van der Waals surface area contributed by atoms with Gasteiger partial charge in [0.2, 0.25) is 0 Å². The lowest BCUT2D eigenvalue weighted by Gasteiger charge is -2.25. The highest BCUT2D eigenvalue weighted by atomic mass is 32.2. The van der Waals surface area contributed by atoms with Crippen molar-refractivity contribution in [2.24, 2.45) is 0 Å². The Morgan fingerprint density at radius 2 is 1.90 bits per heavy atom. The van der Waals surface area contributed by atoms with E-state index in [4.69, 9.17) is 6.42 Å². The van der Waals surface area contributed by atoms with Gasteiger partial charge < -0.3 is 0 Å². The molecule has 1 aromatic rings. The first-order chi connectivity index (χ1) is 10.1. The molecular weight excluding hydrogens is 282 g/mol. The van der Waals surface area contributed by atoms with Crippen LogP contribution in [0.15, 0.2) is 40.9 Å². The normalized spacial score (nSPS) is 15.7. The standard InChI is InChI=1S/C17H21NO2S/c1-3-14-18(16-8-6-4-5-7-9-16)21(19,20)17-12-10-15(2)11-13-17/h1,8,10-13H,4-7,9,14H2,2H3. The van der Waals surface area contributed by atoms with Gasteiger partial charge >= 0.3 is 0 Å². The van der Waals surface area contributed by atoms with E-state index in [1.165, 1.54) is 4.31 Å². The highest BCUT2D eigenvalue weighted by Gasteiger charge is 2.26. The average Bonchev–Trinajstić information content (AvgIpc) is 2.74. The molecule has 0 saturated carbocycles. The molecule has 0 radical (unpaired) electrons. The van der Waals surface area contributed by atoms with Gasteiger partial charge in [-0.3, -0.25) is 4.31 Å². The molecule has 0 aliphatic heterocycles. The van der Waals surface area contributed by atoms with Gasteiger partial charge in [0, 0.05) is 5.70 Å². The largest absolute Gasteiger partial charge is 0.264 e. The van der Waals surface area contributed by atoms with Crippen molar-refractivity contribution in [3.05, 3.63) is 41.6 Å². The molecule has 0 spiro atoms. The fraction of sp³-hybridized carbons (Fsp3) is 0.412. The van der Waals surface area contributed by atoms with Crippen LogP contribution in [0.4, 0.5) is 0 Å². The van der Waals surface area contributed by atoms with Gasteiger partial charge in [0.15, 0.2) is 0 Å². The monoisotopic (exact) mass is 303 g/mol. The molecule has 2 rings (SSSR count). The molecule has 1 aromatic carbocycles. The molecule has 0 unspecified atom stereocenters. The maximum Gasteiger partial charge on any atom is 0.264 e. The lowest BCUT2D eigenvalue weighted by Crippen LogP contribution is -2.31. The Hall–Kier alpha value is -1.73. The molecule has 4 heteroatoms. The predicted octanol–water partition coefficient (Wildman–Crippen LogP) is 3.47. The molecule has 21 heavy (non-hydrogen) atoms. The minimum atomic E-state index is -3.57. The lowest BCUT2D eigenvalue weighted by atomic mass is 10.2. The van der Waals surface area contributed by atoms with Crippen LogP contribution in [0, 0.1) is 19.3 Å². The summed E-state index contributed by atoms with van der Waals surface area (Å²) in [5.74, 6) is 2.48. The van der Waals surface area contributed by atoms with Crippen molar-refractivity contribution in [2.75, 3.05) is 6.54 Å². The molecule has 0 bridgehead atoms. The van der Waals surface area contributed by atoms with Crippen LogP contribution in [-0.2, 0) is 10.0 Å². The third-order valence-corrected chi connectivity index (χ3v) is 5.49. The molecule has 112 valence electrons. The summed E-state index contributed by atoms with van der Waals surface area (Å²) in [5, 5.41) is 0. The Balaban J connectivity index is 2.38. The number of sulfonamides is 1. The number of aryl methyl sites for hydroxylation is 1. The van der Waals surface area contributed by atoms with Crippen LogP contribution in [-0.4, -0.2) is 19.3 Å². The van der Waals surface area contributed by atoms with E-state index in [1.54, 1.807) is 12.1 Å². The second kappa shape index (κ2) is 6.82. The van der Waals surface area contributed by atoms with E-state index in [9.17, 15) is 8.42 Å². The van der Waals surface area contributed by atoms with Crippen LogP contribution in [0.5, 0.6) is 0 Å². The predicted molar refractivity (Wildman–Crippen MR) is 85.1 cm³/mol. The zero-order valence-electron chi connectivity index (χ0n) is 12.4. The Bertz CT molecular complexity index is 651. The first kappa shape index (κ1) is 15.7. The summed E-state index contributed by atoms with van der Waals surface area (Å²) >= 11 is 0. The van der Waals surface area contributed by atoms with E-state index in [0.29, 0.717) is 4.90 Å². The van der Waals surface area contributed by atoms with E-state index < -0.39 is 10.0 Å². The number of benzene rings is 1. The van der Waals surface area contributed by atoms with Crippen molar-refractivity contribution in [1.29, 1.82) is 0 Å². The second-order valence-corrected chi connectivity index (χ2v) is 7.19. The van der Waals surface area contributed by atoms with Crippen LogP contribution >= 0.6 is 0 Å². The average molecular weight is 303 g/mol. The smallest absolute Gasteiger partial charge is 0.259 e. The van der Waals surface area contributed by atoms with Crippen LogP contribution in [0.1, 0.15) is 37.7 Å². The van der Waals surface area contributed by atoms with Crippen molar-refractivity contribution in [1.82, 2.24) is 4.31 Å². The highest BCUT2D eigenvalue weighted by molar-refractivity contribution is 7.89. The fourth-order valence-corrected chi connectivity index (χ4v) is 3.94. The minimum Gasteiger partial charge on any atom is -0.259 e. The maximum absolute atomic E-state index is 12.8. The van der Waals surface area contributed by atoms with Gasteiger partial charge in [-0.25, -0.2) is 8.42 Å². The number of hydrogen-bond donors (Lipinski definition) is 0. The zero-order valence-corrected chi connectivity index (χ0v) is 13.2. The van der Waals surface area contributed by atoms with Gasteiger partial charge in [0.25, 0.3) is 10.0 Å². The summed E-state index contributed by atoms with van der Waals surface area (Å²) in [6.45, 7) is 2.02. The topological polar surface area (TPSA) is 37.4 Å².